The molecule has 1 atom stereocenters. The van der Waals surface area contributed by atoms with Crippen molar-refractivity contribution >= 4 is 35.5 Å². The van der Waals surface area contributed by atoms with Gasteiger partial charge in [-0.2, -0.15) is 0 Å². The number of carbonyl (C=O) groups is 4. The highest BCUT2D eigenvalue weighted by atomic mass is 35.5. The Morgan fingerprint density at radius 2 is 1.86 bits per heavy atom. The van der Waals surface area contributed by atoms with Gasteiger partial charge in [-0.3, -0.25) is 4.79 Å². The third kappa shape index (κ3) is 7.22. The van der Waals surface area contributed by atoms with E-state index in [2.05, 4.69) is 10.6 Å². The summed E-state index contributed by atoms with van der Waals surface area (Å²) in [6, 6.07) is 6.30. The van der Waals surface area contributed by atoms with Gasteiger partial charge in [0.05, 0.1) is 49.7 Å². The quantitative estimate of drug-likeness (QED) is 0.293. The Bertz CT molecular complexity index is 1070. The summed E-state index contributed by atoms with van der Waals surface area (Å²) in [4.78, 5) is 49.7. The average Bonchev–Trinajstić information content (AvgIpc) is 2.84. The maximum absolute atomic E-state index is 13.1. The zero-order chi connectivity index (χ0) is 26.8. The van der Waals surface area contributed by atoms with Gasteiger partial charge in [-0.05, 0) is 25.5 Å². The number of benzene rings is 1. The van der Waals surface area contributed by atoms with Gasteiger partial charge in [0.2, 0.25) is 0 Å². The van der Waals surface area contributed by atoms with E-state index in [1.54, 1.807) is 38.1 Å². The number of hydrogen-bond acceptors (Lipinski definition) is 8. The third-order valence-electron chi connectivity index (χ3n) is 5.32. The highest BCUT2D eigenvalue weighted by Crippen LogP contribution is 2.41. The van der Waals surface area contributed by atoms with Crippen molar-refractivity contribution in [2.24, 2.45) is 0 Å². The summed E-state index contributed by atoms with van der Waals surface area (Å²) in [6.07, 6.45) is 0. The largest absolute Gasteiger partial charge is 0.480 e. The Balaban J connectivity index is 2.33. The summed E-state index contributed by atoms with van der Waals surface area (Å²) in [5, 5.41) is 14.3. The van der Waals surface area contributed by atoms with Gasteiger partial charge in [0, 0.05) is 24.3 Å². The van der Waals surface area contributed by atoms with Crippen molar-refractivity contribution in [2.45, 2.75) is 19.8 Å². The van der Waals surface area contributed by atoms with Crippen LogP contribution in [-0.2, 0) is 28.6 Å². The normalized spacial score (nSPS) is 15.2. The number of likely N-dealkylation sites (N-methyl/N-ethyl adjacent to an activating group) is 1. The van der Waals surface area contributed by atoms with Gasteiger partial charge in [0.15, 0.2) is 0 Å². The second-order valence-electron chi connectivity index (χ2n) is 7.75. The molecule has 2 rings (SSSR count). The standard InChI is InChI=1S/C24H30ClN3O8/c1-5-36-23(32)21-17(13-35-11-10-28(3)24(33)26-12-18(29)30)27-14(2)19(22(31)34-4)20(21)15-8-6-7-9-16(15)25/h6-9,20,27H,5,10-13H2,1-4H3,(H,26,33)(H,29,30). The molecule has 196 valence electrons. The molecule has 2 amide bonds. The monoisotopic (exact) mass is 523 g/mol. The third-order valence-corrected chi connectivity index (χ3v) is 5.66. The van der Waals surface area contributed by atoms with Crippen LogP contribution in [0.15, 0.2) is 46.8 Å². The Hall–Kier alpha value is -3.57. The molecule has 1 unspecified atom stereocenters. The van der Waals surface area contributed by atoms with Crippen LogP contribution >= 0.6 is 11.6 Å². The number of allylic oxidation sites excluding steroid dienone is 1. The fourth-order valence-electron chi connectivity index (χ4n) is 3.62. The number of carbonyl (C=O) groups excluding carboxylic acids is 3. The van der Waals surface area contributed by atoms with Crippen LogP contribution in [-0.4, -0.2) is 81.0 Å². The number of ether oxygens (including phenoxy) is 3. The van der Waals surface area contributed by atoms with Gasteiger partial charge in [0.1, 0.15) is 6.54 Å². The molecule has 0 saturated heterocycles. The molecule has 1 heterocycles. The summed E-state index contributed by atoms with van der Waals surface area (Å²) in [5.41, 5.74) is 1.73. The van der Waals surface area contributed by atoms with Crippen molar-refractivity contribution in [3.8, 4) is 0 Å². The molecule has 1 aliphatic rings. The molecule has 0 aliphatic carbocycles. The predicted molar refractivity (Wildman–Crippen MR) is 130 cm³/mol. The van der Waals surface area contributed by atoms with Crippen LogP contribution in [0.5, 0.6) is 0 Å². The van der Waals surface area contributed by atoms with E-state index in [1.165, 1.54) is 19.1 Å². The zero-order valence-electron chi connectivity index (χ0n) is 20.6. The summed E-state index contributed by atoms with van der Waals surface area (Å²) in [6.45, 7) is 3.14. The van der Waals surface area contributed by atoms with Crippen LogP contribution in [0.4, 0.5) is 4.79 Å². The second kappa shape index (κ2) is 13.5. The Labute approximate surface area is 214 Å². The molecule has 1 aliphatic heterocycles. The number of rotatable bonds is 11. The number of urea groups is 1. The van der Waals surface area contributed by atoms with Crippen molar-refractivity contribution in [3.63, 3.8) is 0 Å². The van der Waals surface area contributed by atoms with Crippen molar-refractivity contribution in [1.29, 1.82) is 0 Å². The Morgan fingerprint density at radius 3 is 2.47 bits per heavy atom. The van der Waals surface area contributed by atoms with E-state index in [0.717, 1.165) is 0 Å². The number of esters is 2. The topological polar surface area (TPSA) is 144 Å². The smallest absolute Gasteiger partial charge is 0.336 e. The van der Waals surface area contributed by atoms with E-state index in [-0.39, 0.29) is 37.5 Å². The number of hydrogen-bond donors (Lipinski definition) is 3. The molecule has 1 aromatic carbocycles. The SMILES string of the molecule is CCOC(=O)C1=C(COCCN(C)C(=O)NCC(=O)O)NC(C)=C(C(=O)OC)C1c1ccccc1Cl. The first kappa shape index (κ1) is 28.7. The maximum Gasteiger partial charge on any atom is 0.336 e. The molecule has 1 aromatic rings. The van der Waals surface area contributed by atoms with Crippen LogP contribution in [0.1, 0.15) is 25.3 Å². The maximum atomic E-state index is 13.1. The predicted octanol–water partition coefficient (Wildman–Crippen LogP) is 2.03. The summed E-state index contributed by atoms with van der Waals surface area (Å²) in [5.74, 6) is -3.29. The molecule has 0 saturated carbocycles. The lowest BCUT2D eigenvalue weighted by molar-refractivity contribution is -0.139. The van der Waals surface area contributed by atoms with E-state index in [9.17, 15) is 19.2 Å². The molecular weight excluding hydrogens is 494 g/mol. The highest BCUT2D eigenvalue weighted by molar-refractivity contribution is 6.31. The van der Waals surface area contributed by atoms with E-state index in [0.29, 0.717) is 22.0 Å². The molecule has 36 heavy (non-hydrogen) atoms. The average molecular weight is 524 g/mol. The Kier molecular flexibility index (Phi) is 10.8. The highest BCUT2D eigenvalue weighted by Gasteiger charge is 2.39. The molecule has 0 aromatic heterocycles. The van der Waals surface area contributed by atoms with Crippen molar-refractivity contribution in [1.82, 2.24) is 15.5 Å². The van der Waals surface area contributed by atoms with Crippen LogP contribution in [0, 0.1) is 0 Å². The summed E-state index contributed by atoms with van der Waals surface area (Å²) in [7, 11) is 2.74. The van der Waals surface area contributed by atoms with Crippen LogP contribution in [0.25, 0.3) is 0 Å². The minimum Gasteiger partial charge on any atom is -0.480 e. The molecule has 0 bridgehead atoms. The lowest BCUT2D eigenvalue weighted by Gasteiger charge is -2.31. The fourth-order valence-corrected chi connectivity index (χ4v) is 3.87. The van der Waals surface area contributed by atoms with Gasteiger partial charge in [-0.1, -0.05) is 29.8 Å². The first-order valence-corrected chi connectivity index (χ1v) is 11.5. The number of nitrogens with zero attached hydrogens (tertiary/aromatic N) is 1. The first-order valence-electron chi connectivity index (χ1n) is 11.1. The lowest BCUT2D eigenvalue weighted by Crippen LogP contribution is -2.41. The molecule has 12 heteroatoms. The number of nitrogens with one attached hydrogen (secondary N) is 2. The molecule has 11 nitrogen and oxygen atoms in total. The number of amides is 2. The van der Waals surface area contributed by atoms with Gasteiger partial charge < -0.3 is 34.9 Å². The number of methoxy groups -OCH3 is 1. The van der Waals surface area contributed by atoms with Crippen molar-refractivity contribution in [3.05, 3.63) is 57.4 Å². The summed E-state index contributed by atoms with van der Waals surface area (Å²) >= 11 is 6.47. The minimum atomic E-state index is -1.15. The zero-order valence-corrected chi connectivity index (χ0v) is 21.3. The van der Waals surface area contributed by atoms with Gasteiger partial charge in [0.25, 0.3) is 0 Å². The van der Waals surface area contributed by atoms with Gasteiger partial charge >= 0.3 is 23.9 Å². The molecule has 0 fully saturated rings. The molecule has 3 N–H and O–H groups in total. The van der Waals surface area contributed by atoms with E-state index < -0.39 is 36.4 Å². The Morgan fingerprint density at radius 1 is 1.17 bits per heavy atom. The van der Waals surface area contributed by atoms with Crippen molar-refractivity contribution < 1.29 is 38.5 Å². The number of carboxylic acid groups (broad SMARTS) is 1. The lowest BCUT2D eigenvalue weighted by atomic mass is 9.80. The molecule has 0 radical (unpaired) electrons. The molecular formula is C24H30ClN3O8. The van der Waals surface area contributed by atoms with Crippen LogP contribution in [0.3, 0.4) is 0 Å². The number of halogens is 1. The number of aliphatic carboxylic acids is 1. The number of dihydropyridines is 1. The first-order chi connectivity index (χ1) is 17.1. The van der Waals surface area contributed by atoms with Gasteiger partial charge in [-0.25, -0.2) is 14.4 Å². The van der Waals surface area contributed by atoms with E-state index in [4.69, 9.17) is 30.9 Å². The van der Waals surface area contributed by atoms with E-state index >= 15 is 0 Å². The molecule has 0 spiro atoms. The second-order valence-corrected chi connectivity index (χ2v) is 8.16. The fraction of sp³-hybridized carbons (Fsp3) is 0.417. The van der Waals surface area contributed by atoms with Crippen molar-refractivity contribution in [2.75, 3.05) is 47.1 Å². The minimum absolute atomic E-state index is 0.0640. The van der Waals surface area contributed by atoms with Gasteiger partial charge in [-0.15, -0.1) is 0 Å². The van der Waals surface area contributed by atoms with Crippen LogP contribution in [0.2, 0.25) is 5.02 Å². The van der Waals surface area contributed by atoms with E-state index in [1.807, 2.05) is 0 Å². The van der Waals surface area contributed by atoms with Crippen LogP contribution < -0.4 is 10.6 Å². The number of carboxylic acids is 1. The summed E-state index contributed by atoms with van der Waals surface area (Å²) < 4.78 is 16.0.